The van der Waals surface area contributed by atoms with Crippen LogP contribution in [0.2, 0.25) is 0 Å². The Morgan fingerprint density at radius 3 is 1.73 bits per heavy atom. The second kappa shape index (κ2) is 13.3. The molecular weight excluding hydrogens is 320 g/mol. The summed E-state index contributed by atoms with van der Waals surface area (Å²) < 4.78 is 11.6. The molecule has 2 heteroatoms. The Morgan fingerprint density at radius 2 is 1.12 bits per heavy atom. The maximum atomic E-state index is 5.83. The zero-order valence-corrected chi connectivity index (χ0v) is 16.3. The number of hydrogen-bond donors (Lipinski definition) is 0. The van der Waals surface area contributed by atoms with E-state index in [9.17, 15) is 0 Å². The van der Waals surface area contributed by atoms with Crippen LogP contribution in [0.1, 0.15) is 70.3 Å². The van der Waals surface area contributed by atoms with Gasteiger partial charge in [-0.15, -0.1) is 0 Å². The molecule has 142 valence electrons. The van der Waals surface area contributed by atoms with E-state index in [4.69, 9.17) is 9.47 Å². The van der Waals surface area contributed by atoms with E-state index in [1.54, 1.807) is 0 Å². The highest BCUT2D eigenvalue weighted by Crippen LogP contribution is 2.19. The minimum Gasteiger partial charge on any atom is -0.494 e. The van der Waals surface area contributed by atoms with Crippen molar-refractivity contribution in [3.63, 3.8) is 0 Å². The molecular formula is C24H34O2. The Kier molecular flexibility index (Phi) is 10.4. The average molecular weight is 355 g/mol. The maximum absolute atomic E-state index is 5.83. The van der Waals surface area contributed by atoms with Crippen LogP contribution >= 0.6 is 0 Å². The molecule has 0 spiro atoms. The summed E-state index contributed by atoms with van der Waals surface area (Å²) >= 11 is 0. The van der Waals surface area contributed by atoms with Gasteiger partial charge >= 0.3 is 0 Å². The topological polar surface area (TPSA) is 18.5 Å². The Morgan fingerprint density at radius 1 is 0.577 bits per heavy atom. The monoisotopic (exact) mass is 354 g/mol. The summed E-state index contributed by atoms with van der Waals surface area (Å²) in [4.78, 5) is 0. The SMILES string of the molecule is CCCCCCCCCCCOc1ccc(OCc2ccccc2)cc1. The third-order valence-electron chi connectivity index (χ3n) is 4.59. The molecule has 0 aliphatic rings. The second-order valence-corrected chi connectivity index (χ2v) is 6.92. The van der Waals surface area contributed by atoms with Gasteiger partial charge in [0.2, 0.25) is 0 Å². The third kappa shape index (κ3) is 8.94. The van der Waals surface area contributed by atoms with Gasteiger partial charge in [-0.3, -0.25) is 0 Å². The average Bonchev–Trinajstić information content (AvgIpc) is 2.69. The minimum absolute atomic E-state index is 0.597. The van der Waals surface area contributed by atoms with E-state index in [2.05, 4.69) is 19.1 Å². The lowest BCUT2D eigenvalue weighted by Crippen LogP contribution is -1.98. The van der Waals surface area contributed by atoms with Crippen molar-refractivity contribution in [3.8, 4) is 11.5 Å². The highest BCUT2D eigenvalue weighted by molar-refractivity contribution is 5.31. The lowest BCUT2D eigenvalue weighted by Gasteiger charge is -2.09. The van der Waals surface area contributed by atoms with Crippen LogP contribution < -0.4 is 9.47 Å². The van der Waals surface area contributed by atoms with Gasteiger partial charge in [0.05, 0.1) is 6.61 Å². The molecule has 2 aromatic carbocycles. The fraction of sp³-hybridized carbons (Fsp3) is 0.500. The molecule has 0 heterocycles. The smallest absolute Gasteiger partial charge is 0.120 e. The van der Waals surface area contributed by atoms with Crippen LogP contribution in [0.15, 0.2) is 54.6 Å². The fourth-order valence-electron chi connectivity index (χ4n) is 2.98. The summed E-state index contributed by atoms with van der Waals surface area (Å²) in [5.74, 6) is 1.81. The summed E-state index contributed by atoms with van der Waals surface area (Å²) in [6.45, 7) is 3.67. The van der Waals surface area contributed by atoms with Gasteiger partial charge in [-0.2, -0.15) is 0 Å². The zero-order chi connectivity index (χ0) is 18.3. The maximum Gasteiger partial charge on any atom is 0.120 e. The van der Waals surface area contributed by atoms with Gasteiger partial charge in [-0.1, -0.05) is 88.6 Å². The van der Waals surface area contributed by atoms with E-state index in [1.165, 1.54) is 56.9 Å². The first-order chi connectivity index (χ1) is 12.9. The first-order valence-corrected chi connectivity index (χ1v) is 10.3. The quantitative estimate of drug-likeness (QED) is 0.335. The Bertz CT molecular complexity index is 563. The van der Waals surface area contributed by atoms with E-state index >= 15 is 0 Å². The van der Waals surface area contributed by atoms with Gasteiger partial charge in [0.1, 0.15) is 18.1 Å². The third-order valence-corrected chi connectivity index (χ3v) is 4.59. The molecule has 2 aromatic rings. The van der Waals surface area contributed by atoms with Crippen molar-refractivity contribution in [1.82, 2.24) is 0 Å². The molecule has 0 aromatic heterocycles. The van der Waals surface area contributed by atoms with E-state index in [1.807, 2.05) is 42.5 Å². The molecule has 0 aliphatic carbocycles. The normalized spacial score (nSPS) is 10.7. The lowest BCUT2D eigenvalue weighted by atomic mass is 10.1. The molecule has 0 bridgehead atoms. The number of ether oxygens (including phenoxy) is 2. The van der Waals surface area contributed by atoms with Crippen molar-refractivity contribution in [2.45, 2.75) is 71.3 Å². The van der Waals surface area contributed by atoms with Crippen molar-refractivity contribution < 1.29 is 9.47 Å². The number of unbranched alkanes of at least 4 members (excludes halogenated alkanes) is 8. The fourth-order valence-corrected chi connectivity index (χ4v) is 2.98. The molecule has 0 fully saturated rings. The molecule has 0 atom stereocenters. The van der Waals surface area contributed by atoms with E-state index in [0.29, 0.717) is 6.61 Å². The van der Waals surface area contributed by atoms with Crippen molar-refractivity contribution >= 4 is 0 Å². The first kappa shape index (κ1) is 20.4. The van der Waals surface area contributed by atoms with Crippen molar-refractivity contribution in [2.24, 2.45) is 0 Å². The lowest BCUT2D eigenvalue weighted by molar-refractivity contribution is 0.296. The Balaban J connectivity index is 1.51. The van der Waals surface area contributed by atoms with E-state index in [0.717, 1.165) is 24.5 Å². The van der Waals surface area contributed by atoms with Crippen molar-refractivity contribution in [1.29, 1.82) is 0 Å². The summed E-state index contributed by atoms with van der Waals surface area (Å²) in [7, 11) is 0. The minimum atomic E-state index is 0.597. The Hall–Kier alpha value is -1.96. The van der Waals surface area contributed by atoms with Crippen LogP contribution in [0, 0.1) is 0 Å². The van der Waals surface area contributed by atoms with Gasteiger partial charge in [-0.05, 0) is 36.2 Å². The van der Waals surface area contributed by atoms with Crippen LogP contribution in [-0.4, -0.2) is 6.61 Å². The second-order valence-electron chi connectivity index (χ2n) is 6.92. The highest BCUT2D eigenvalue weighted by Gasteiger charge is 1.98. The molecule has 0 amide bonds. The molecule has 0 unspecified atom stereocenters. The van der Waals surface area contributed by atoms with Crippen LogP contribution in [-0.2, 0) is 6.61 Å². The first-order valence-electron chi connectivity index (χ1n) is 10.3. The van der Waals surface area contributed by atoms with Crippen LogP contribution in [0.25, 0.3) is 0 Å². The van der Waals surface area contributed by atoms with Gasteiger partial charge < -0.3 is 9.47 Å². The van der Waals surface area contributed by atoms with Gasteiger partial charge in [0.15, 0.2) is 0 Å². The van der Waals surface area contributed by atoms with Gasteiger partial charge in [0.25, 0.3) is 0 Å². The van der Waals surface area contributed by atoms with Crippen LogP contribution in [0.4, 0.5) is 0 Å². The molecule has 0 saturated heterocycles. The van der Waals surface area contributed by atoms with Gasteiger partial charge in [-0.25, -0.2) is 0 Å². The number of rotatable bonds is 14. The zero-order valence-electron chi connectivity index (χ0n) is 16.3. The standard InChI is InChI=1S/C24H34O2/c1-2-3-4-5-6-7-8-9-13-20-25-23-16-18-24(19-17-23)26-21-22-14-11-10-12-15-22/h10-12,14-19H,2-9,13,20-21H2,1H3. The number of benzene rings is 2. The highest BCUT2D eigenvalue weighted by atomic mass is 16.5. The predicted molar refractivity (Wildman–Crippen MR) is 110 cm³/mol. The predicted octanol–water partition coefficient (Wildman–Crippen LogP) is 7.18. The van der Waals surface area contributed by atoms with Gasteiger partial charge in [0, 0.05) is 0 Å². The summed E-state index contributed by atoms with van der Waals surface area (Å²) in [5, 5.41) is 0. The summed E-state index contributed by atoms with van der Waals surface area (Å²) in [6.07, 6.45) is 12.0. The number of hydrogen-bond acceptors (Lipinski definition) is 2. The Labute approximate surface area is 159 Å². The molecule has 0 radical (unpaired) electrons. The van der Waals surface area contributed by atoms with Crippen LogP contribution in [0.3, 0.4) is 0 Å². The largest absolute Gasteiger partial charge is 0.494 e. The molecule has 0 aliphatic heterocycles. The molecule has 0 N–H and O–H groups in total. The molecule has 0 saturated carbocycles. The van der Waals surface area contributed by atoms with Crippen molar-refractivity contribution in [2.75, 3.05) is 6.61 Å². The summed E-state index contributed by atoms with van der Waals surface area (Å²) in [5.41, 5.74) is 1.18. The molecule has 26 heavy (non-hydrogen) atoms. The van der Waals surface area contributed by atoms with E-state index in [-0.39, 0.29) is 0 Å². The molecule has 2 nitrogen and oxygen atoms in total. The summed E-state index contributed by atoms with van der Waals surface area (Å²) in [6, 6.07) is 18.2. The molecule has 2 rings (SSSR count). The van der Waals surface area contributed by atoms with Crippen LogP contribution in [0.5, 0.6) is 11.5 Å². The van der Waals surface area contributed by atoms with E-state index < -0.39 is 0 Å². The van der Waals surface area contributed by atoms with Crippen molar-refractivity contribution in [3.05, 3.63) is 60.2 Å².